The molecule has 0 unspecified atom stereocenters. The zero-order chi connectivity index (χ0) is 23.4. The van der Waals surface area contributed by atoms with Gasteiger partial charge in [0.1, 0.15) is 0 Å². The molecule has 1 aliphatic rings. The van der Waals surface area contributed by atoms with E-state index in [4.69, 9.17) is 16.5 Å². The number of aromatic nitrogens is 2. The number of halogens is 1. The molecule has 2 amide bonds. The number of ether oxygens (including phenoxy) is 1. The van der Waals surface area contributed by atoms with Crippen LogP contribution in [0, 0.1) is 0 Å². The predicted octanol–water partition coefficient (Wildman–Crippen LogP) is 4.17. The Balaban J connectivity index is 1.89. The second kappa shape index (κ2) is 7.35. The third-order valence-electron chi connectivity index (χ3n) is 5.57. The number of para-hydroxylation sites is 2. The minimum atomic E-state index is -1.25. The van der Waals surface area contributed by atoms with E-state index in [1.807, 2.05) is 0 Å². The van der Waals surface area contributed by atoms with Crippen LogP contribution in [0.2, 0.25) is 0 Å². The summed E-state index contributed by atoms with van der Waals surface area (Å²) in [5, 5.41) is 10.6. The molecule has 33 heavy (non-hydrogen) atoms. The van der Waals surface area contributed by atoms with E-state index in [1.165, 1.54) is 24.1 Å². The smallest absolute Gasteiger partial charge is 0.418 e. The maximum absolute atomic E-state index is 13.1. The van der Waals surface area contributed by atoms with Gasteiger partial charge in [0.15, 0.2) is 0 Å². The third-order valence-corrected chi connectivity index (χ3v) is 5.88. The number of rotatable bonds is 2. The summed E-state index contributed by atoms with van der Waals surface area (Å²) >= 11 is 6.04. The largest absolute Gasteiger partial charge is 0.464 e. The Morgan fingerprint density at radius 2 is 1.27 bits per heavy atom. The minimum absolute atomic E-state index is 0.0397. The molecule has 0 bridgehead atoms. The predicted molar refractivity (Wildman–Crippen MR) is 120 cm³/mol. The fourth-order valence-corrected chi connectivity index (χ4v) is 4.34. The minimum Gasteiger partial charge on any atom is -0.464 e. The summed E-state index contributed by atoms with van der Waals surface area (Å²) in [6.45, 7) is 0. The standard InChI is InChI=1S/C23H14ClN3O6/c1-33-23(32)26-11-15(13-7-3-5-9-17(13)26)19-18(20(28)27(24)21(19)29)14-10-25(22(30)31)16-8-4-2-6-12(14)16/h2-11H,1H3,(H,30,31). The highest BCUT2D eigenvalue weighted by Gasteiger charge is 2.41. The van der Waals surface area contributed by atoms with Gasteiger partial charge in [-0.1, -0.05) is 36.4 Å². The Kier molecular flexibility index (Phi) is 4.57. The van der Waals surface area contributed by atoms with Crippen molar-refractivity contribution in [3.8, 4) is 0 Å². The number of carbonyl (C=O) groups is 4. The van der Waals surface area contributed by atoms with Crippen LogP contribution in [0.1, 0.15) is 11.1 Å². The van der Waals surface area contributed by atoms with Gasteiger partial charge in [0, 0.05) is 46.1 Å². The van der Waals surface area contributed by atoms with Crippen LogP contribution in [-0.4, -0.2) is 49.8 Å². The number of carboxylic acid groups (broad SMARTS) is 1. The number of hydrogen-bond acceptors (Lipinski definition) is 5. The number of fused-ring (bicyclic) bond motifs is 2. The highest BCUT2D eigenvalue weighted by molar-refractivity contribution is 6.57. The van der Waals surface area contributed by atoms with E-state index in [2.05, 4.69) is 0 Å². The maximum Gasteiger partial charge on any atom is 0.418 e. The summed E-state index contributed by atoms with van der Waals surface area (Å²) < 4.78 is 7.50. The van der Waals surface area contributed by atoms with Gasteiger partial charge in [-0.25, -0.2) is 9.59 Å². The highest BCUT2D eigenvalue weighted by Crippen LogP contribution is 2.42. The molecule has 2 aromatic carbocycles. The monoisotopic (exact) mass is 463 g/mol. The maximum atomic E-state index is 13.1. The Hall–Kier alpha value is -4.37. The fourth-order valence-electron chi connectivity index (χ4n) is 4.17. The van der Waals surface area contributed by atoms with Crippen LogP contribution in [0.5, 0.6) is 0 Å². The van der Waals surface area contributed by atoms with E-state index in [1.54, 1.807) is 48.5 Å². The Morgan fingerprint density at radius 1 is 0.818 bits per heavy atom. The number of methoxy groups -OCH3 is 1. The van der Waals surface area contributed by atoms with Crippen molar-refractivity contribution in [1.82, 2.24) is 13.6 Å². The van der Waals surface area contributed by atoms with E-state index < -0.39 is 24.0 Å². The molecule has 5 rings (SSSR count). The van der Waals surface area contributed by atoms with Gasteiger partial charge in [-0.15, -0.1) is 0 Å². The zero-order valence-electron chi connectivity index (χ0n) is 17.0. The lowest BCUT2D eigenvalue weighted by atomic mass is 9.95. The lowest BCUT2D eigenvalue weighted by Gasteiger charge is -2.02. The molecule has 1 N–H and O–H groups in total. The van der Waals surface area contributed by atoms with Crippen molar-refractivity contribution in [3.63, 3.8) is 0 Å². The second-order valence-electron chi connectivity index (χ2n) is 7.25. The molecule has 4 aromatic rings. The molecular formula is C23H14ClN3O6. The Bertz CT molecular complexity index is 1560. The molecule has 0 spiro atoms. The van der Waals surface area contributed by atoms with Crippen molar-refractivity contribution in [2.24, 2.45) is 0 Å². The van der Waals surface area contributed by atoms with Crippen LogP contribution in [0.25, 0.3) is 33.0 Å². The van der Waals surface area contributed by atoms with Gasteiger partial charge in [0.2, 0.25) is 0 Å². The Morgan fingerprint density at radius 3 is 1.76 bits per heavy atom. The van der Waals surface area contributed by atoms with Crippen molar-refractivity contribution in [2.75, 3.05) is 7.11 Å². The van der Waals surface area contributed by atoms with Gasteiger partial charge < -0.3 is 9.84 Å². The molecule has 164 valence electrons. The number of hydrogen-bond donors (Lipinski definition) is 1. The summed E-state index contributed by atoms with van der Waals surface area (Å²) in [5.41, 5.74) is 1.24. The average molecular weight is 464 g/mol. The zero-order valence-corrected chi connectivity index (χ0v) is 17.7. The van der Waals surface area contributed by atoms with Gasteiger partial charge in [-0.05, 0) is 12.1 Å². The number of amides is 2. The molecule has 3 heterocycles. The van der Waals surface area contributed by atoms with Crippen molar-refractivity contribution >= 4 is 68.7 Å². The molecule has 10 heteroatoms. The van der Waals surface area contributed by atoms with E-state index in [0.717, 1.165) is 4.57 Å². The summed E-state index contributed by atoms with van der Waals surface area (Å²) in [5.74, 6) is -1.57. The number of benzene rings is 2. The molecule has 0 saturated heterocycles. The third kappa shape index (κ3) is 2.86. The first-order chi connectivity index (χ1) is 15.8. The highest BCUT2D eigenvalue weighted by atomic mass is 35.5. The molecule has 0 fully saturated rings. The SMILES string of the molecule is COC(=O)n1cc(C2=C(c3cn(C(=O)O)c4ccccc34)C(=O)N(Cl)C2=O)c2ccccc21. The van der Waals surface area contributed by atoms with Gasteiger partial charge >= 0.3 is 12.2 Å². The van der Waals surface area contributed by atoms with E-state index in [0.29, 0.717) is 31.8 Å². The normalized spacial score (nSPS) is 14.1. The van der Waals surface area contributed by atoms with E-state index in [9.17, 15) is 24.3 Å². The van der Waals surface area contributed by atoms with Gasteiger partial charge in [0.25, 0.3) is 11.8 Å². The molecular weight excluding hydrogens is 450 g/mol. The van der Waals surface area contributed by atoms with Crippen molar-refractivity contribution < 1.29 is 29.0 Å². The first-order valence-corrected chi connectivity index (χ1v) is 10.00. The Labute approximate surface area is 190 Å². The van der Waals surface area contributed by atoms with Crippen molar-refractivity contribution in [2.45, 2.75) is 0 Å². The summed E-state index contributed by atoms with van der Waals surface area (Å²) in [4.78, 5) is 50.4. The van der Waals surface area contributed by atoms with Crippen molar-refractivity contribution in [1.29, 1.82) is 0 Å². The summed E-state index contributed by atoms with van der Waals surface area (Å²) in [7, 11) is 1.23. The van der Waals surface area contributed by atoms with Crippen LogP contribution < -0.4 is 0 Å². The number of imide groups is 1. The first-order valence-electron chi connectivity index (χ1n) is 9.66. The van der Waals surface area contributed by atoms with Crippen LogP contribution in [0.4, 0.5) is 9.59 Å². The number of carbonyl (C=O) groups excluding carboxylic acids is 3. The van der Waals surface area contributed by atoms with Gasteiger partial charge in [-0.2, -0.15) is 4.42 Å². The quantitative estimate of drug-likeness (QED) is 0.353. The van der Waals surface area contributed by atoms with Gasteiger partial charge in [0.05, 0.1) is 29.3 Å². The van der Waals surface area contributed by atoms with Crippen LogP contribution in [0.15, 0.2) is 60.9 Å². The topological polar surface area (TPSA) is 111 Å². The summed E-state index contributed by atoms with van der Waals surface area (Å²) in [6.07, 6.45) is 0.759. The van der Waals surface area contributed by atoms with Gasteiger partial charge in [-0.3, -0.25) is 18.7 Å². The second-order valence-corrected chi connectivity index (χ2v) is 7.59. The lowest BCUT2D eigenvalue weighted by Crippen LogP contribution is -2.21. The fraction of sp³-hybridized carbons (Fsp3) is 0.0435. The molecule has 0 atom stereocenters. The number of nitrogens with zero attached hydrogens (tertiary/aromatic N) is 3. The van der Waals surface area contributed by atoms with Crippen molar-refractivity contribution in [3.05, 3.63) is 72.1 Å². The average Bonchev–Trinajstić information content (AvgIpc) is 3.45. The molecule has 0 saturated carbocycles. The van der Waals surface area contributed by atoms with E-state index >= 15 is 0 Å². The van der Waals surface area contributed by atoms with Crippen LogP contribution in [-0.2, 0) is 14.3 Å². The van der Waals surface area contributed by atoms with E-state index in [-0.39, 0.29) is 16.7 Å². The molecule has 2 aromatic heterocycles. The molecule has 0 aliphatic carbocycles. The molecule has 9 nitrogen and oxygen atoms in total. The molecule has 0 radical (unpaired) electrons. The van der Waals surface area contributed by atoms with Crippen LogP contribution in [0.3, 0.4) is 0 Å². The molecule has 1 aliphatic heterocycles. The lowest BCUT2D eigenvalue weighted by molar-refractivity contribution is -0.130. The van der Waals surface area contributed by atoms with Crippen LogP contribution >= 0.6 is 11.8 Å². The summed E-state index contributed by atoms with van der Waals surface area (Å²) in [6, 6.07) is 13.4. The first kappa shape index (κ1) is 20.5.